The van der Waals surface area contributed by atoms with E-state index in [0.29, 0.717) is 6.54 Å². The zero-order valence-corrected chi connectivity index (χ0v) is 11.4. The number of nitrogens with one attached hydrogen (secondary N) is 1. The average Bonchev–Trinajstić information content (AvgIpc) is 3.17. The zero-order valence-electron chi connectivity index (χ0n) is 10.6. The molecular weight excluding hydrogens is 268 g/mol. The Hall–Kier alpha value is -1.62. The van der Waals surface area contributed by atoms with Crippen LogP contribution in [0.5, 0.6) is 0 Å². The highest BCUT2D eigenvalue weighted by Gasteiger charge is 2.40. The quantitative estimate of drug-likeness (QED) is 0.666. The highest BCUT2D eigenvalue weighted by atomic mass is 35.5. The first-order chi connectivity index (χ1) is 8.97. The van der Waals surface area contributed by atoms with Crippen molar-refractivity contribution in [1.29, 1.82) is 0 Å². The number of rotatable bonds is 5. The molecule has 102 valence electrons. The first kappa shape index (κ1) is 13.8. The number of carbonyl (C=O) groups excluding carboxylic acids is 1. The Labute approximate surface area is 116 Å². The molecule has 1 fully saturated rings. The fourth-order valence-electron chi connectivity index (χ4n) is 2.00. The van der Waals surface area contributed by atoms with Gasteiger partial charge in [-0.1, -0.05) is 18.5 Å². The molecule has 0 aromatic heterocycles. The number of amides is 1. The van der Waals surface area contributed by atoms with Crippen molar-refractivity contribution in [3.63, 3.8) is 0 Å². The van der Waals surface area contributed by atoms with Crippen LogP contribution in [0, 0.1) is 15.5 Å². The molecule has 1 aliphatic rings. The van der Waals surface area contributed by atoms with Crippen LogP contribution in [0.1, 0.15) is 36.5 Å². The molecule has 1 N–H and O–H groups in total. The Morgan fingerprint density at radius 3 is 2.74 bits per heavy atom. The van der Waals surface area contributed by atoms with Crippen LogP contribution in [0.25, 0.3) is 0 Å². The summed E-state index contributed by atoms with van der Waals surface area (Å²) in [5.41, 5.74) is 0.247. The van der Waals surface area contributed by atoms with Gasteiger partial charge in [0, 0.05) is 18.7 Å². The maximum atomic E-state index is 12.0. The van der Waals surface area contributed by atoms with Gasteiger partial charge in [-0.15, -0.1) is 0 Å². The van der Waals surface area contributed by atoms with Gasteiger partial charge in [-0.2, -0.15) is 0 Å². The lowest BCUT2D eigenvalue weighted by Crippen LogP contribution is -2.30. The van der Waals surface area contributed by atoms with Gasteiger partial charge in [0.25, 0.3) is 11.6 Å². The molecule has 0 saturated heterocycles. The molecule has 0 atom stereocenters. The van der Waals surface area contributed by atoms with Crippen LogP contribution in [0.2, 0.25) is 5.02 Å². The van der Waals surface area contributed by atoms with Gasteiger partial charge >= 0.3 is 0 Å². The number of benzene rings is 1. The fourth-order valence-corrected chi connectivity index (χ4v) is 2.20. The number of hydrogen-bond acceptors (Lipinski definition) is 3. The minimum absolute atomic E-state index is 0.133. The summed E-state index contributed by atoms with van der Waals surface area (Å²) in [6.07, 6.45) is 3.26. The van der Waals surface area contributed by atoms with Crippen molar-refractivity contribution < 1.29 is 9.72 Å². The Bertz CT molecular complexity index is 527. The Morgan fingerprint density at radius 1 is 1.53 bits per heavy atom. The average molecular weight is 283 g/mol. The SMILES string of the molecule is CCC1(CNC(=O)c2cc([N+](=O)[O-])ccc2Cl)CC1. The van der Waals surface area contributed by atoms with Gasteiger partial charge in [-0.05, 0) is 30.7 Å². The molecule has 1 aromatic rings. The lowest BCUT2D eigenvalue weighted by atomic mass is 10.0. The van der Waals surface area contributed by atoms with Crippen molar-refractivity contribution >= 4 is 23.2 Å². The van der Waals surface area contributed by atoms with Gasteiger partial charge in [-0.25, -0.2) is 0 Å². The maximum Gasteiger partial charge on any atom is 0.270 e. The monoisotopic (exact) mass is 282 g/mol. The molecule has 1 amide bonds. The van der Waals surface area contributed by atoms with E-state index in [2.05, 4.69) is 12.2 Å². The fraction of sp³-hybridized carbons (Fsp3) is 0.462. The van der Waals surface area contributed by atoms with Gasteiger partial charge in [0.05, 0.1) is 15.5 Å². The number of halogens is 1. The number of nitrogens with zero attached hydrogens (tertiary/aromatic N) is 1. The van der Waals surface area contributed by atoms with E-state index in [1.165, 1.54) is 18.2 Å². The molecule has 1 aromatic carbocycles. The molecule has 0 bridgehead atoms. The number of carbonyl (C=O) groups is 1. The third-order valence-electron chi connectivity index (χ3n) is 3.74. The normalized spacial score (nSPS) is 15.9. The van der Waals surface area contributed by atoms with Crippen molar-refractivity contribution in [2.75, 3.05) is 6.54 Å². The first-order valence-corrected chi connectivity index (χ1v) is 6.57. The van der Waals surface area contributed by atoms with E-state index in [9.17, 15) is 14.9 Å². The van der Waals surface area contributed by atoms with E-state index < -0.39 is 4.92 Å². The maximum absolute atomic E-state index is 12.0. The van der Waals surface area contributed by atoms with Gasteiger partial charge in [0.15, 0.2) is 0 Å². The molecule has 0 spiro atoms. The molecule has 0 heterocycles. The lowest BCUT2D eigenvalue weighted by molar-refractivity contribution is -0.384. The smallest absolute Gasteiger partial charge is 0.270 e. The number of nitro benzene ring substituents is 1. The Morgan fingerprint density at radius 2 is 2.21 bits per heavy atom. The van der Waals surface area contributed by atoms with Crippen molar-refractivity contribution in [1.82, 2.24) is 5.32 Å². The van der Waals surface area contributed by atoms with Crippen molar-refractivity contribution in [3.05, 3.63) is 38.9 Å². The second-order valence-corrected chi connectivity index (χ2v) is 5.36. The molecular formula is C13H15ClN2O3. The van der Waals surface area contributed by atoms with Crippen molar-refractivity contribution in [2.45, 2.75) is 26.2 Å². The molecule has 0 radical (unpaired) electrons. The molecule has 6 heteroatoms. The van der Waals surface area contributed by atoms with Crippen LogP contribution in [0.15, 0.2) is 18.2 Å². The Kier molecular flexibility index (Phi) is 3.75. The molecule has 1 saturated carbocycles. The van der Waals surface area contributed by atoms with E-state index in [1.54, 1.807) is 0 Å². The minimum atomic E-state index is -0.540. The summed E-state index contributed by atoms with van der Waals surface area (Å²) < 4.78 is 0. The van der Waals surface area contributed by atoms with Gasteiger partial charge in [0.1, 0.15) is 0 Å². The van der Waals surface area contributed by atoms with Crippen LogP contribution in [-0.4, -0.2) is 17.4 Å². The standard InChI is InChI=1S/C13H15ClN2O3/c1-2-13(5-6-13)8-15-12(17)10-7-9(16(18)19)3-4-11(10)14/h3-4,7H,2,5-6,8H2,1H3,(H,15,17). The molecule has 19 heavy (non-hydrogen) atoms. The summed E-state index contributed by atoms with van der Waals surface area (Å²) in [6.45, 7) is 2.70. The van der Waals surface area contributed by atoms with Crippen LogP contribution in [0.3, 0.4) is 0 Å². The summed E-state index contributed by atoms with van der Waals surface area (Å²) in [5, 5.41) is 13.7. The third-order valence-corrected chi connectivity index (χ3v) is 4.07. The molecule has 2 rings (SSSR count). The van der Waals surface area contributed by atoms with Crippen molar-refractivity contribution in [3.8, 4) is 0 Å². The van der Waals surface area contributed by atoms with E-state index in [4.69, 9.17) is 11.6 Å². The van der Waals surface area contributed by atoms with E-state index in [-0.39, 0.29) is 27.6 Å². The number of hydrogen-bond donors (Lipinski definition) is 1. The van der Waals surface area contributed by atoms with Crippen molar-refractivity contribution in [2.24, 2.45) is 5.41 Å². The molecule has 5 nitrogen and oxygen atoms in total. The van der Waals surface area contributed by atoms with Gasteiger partial charge in [-0.3, -0.25) is 14.9 Å². The van der Waals surface area contributed by atoms with Crippen LogP contribution >= 0.6 is 11.6 Å². The minimum Gasteiger partial charge on any atom is -0.351 e. The highest BCUT2D eigenvalue weighted by Crippen LogP contribution is 2.47. The van der Waals surface area contributed by atoms with E-state index in [1.807, 2.05) is 0 Å². The van der Waals surface area contributed by atoms with Gasteiger partial charge < -0.3 is 5.32 Å². The van der Waals surface area contributed by atoms with Crippen LogP contribution in [-0.2, 0) is 0 Å². The van der Waals surface area contributed by atoms with Gasteiger partial charge in [0.2, 0.25) is 0 Å². The highest BCUT2D eigenvalue weighted by molar-refractivity contribution is 6.33. The molecule has 0 aliphatic heterocycles. The first-order valence-electron chi connectivity index (χ1n) is 6.19. The summed E-state index contributed by atoms with van der Waals surface area (Å²) in [4.78, 5) is 22.2. The summed E-state index contributed by atoms with van der Waals surface area (Å²) in [5.74, 6) is -0.353. The number of nitro groups is 1. The summed E-state index contributed by atoms with van der Waals surface area (Å²) in [7, 11) is 0. The Balaban J connectivity index is 2.10. The predicted octanol–water partition coefficient (Wildman–Crippen LogP) is 3.17. The topological polar surface area (TPSA) is 72.2 Å². The molecule has 1 aliphatic carbocycles. The van der Waals surface area contributed by atoms with Crippen LogP contribution < -0.4 is 5.32 Å². The third kappa shape index (κ3) is 3.04. The zero-order chi connectivity index (χ0) is 14.0. The summed E-state index contributed by atoms with van der Waals surface area (Å²) in [6, 6.07) is 3.87. The largest absolute Gasteiger partial charge is 0.351 e. The predicted molar refractivity (Wildman–Crippen MR) is 72.4 cm³/mol. The van der Waals surface area contributed by atoms with Crippen LogP contribution in [0.4, 0.5) is 5.69 Å². The number of non-ortho nitro benzene ring substituents is 1. The second kappa shape index (κ2) is 5.17. The van der Waals surface area contributed by atoms with E-state index >= 15 is 0 Å². The second-order valence-electron chi connectivity index (χ2n) is 4.96. The molecule has 0 unspecified atom stereocenters. The lowest BCUT2D eigenvalue weighted by Gasteiger charge is -2.13. The van der Waals surface area contributed by atoms with E-state index in [0.717, 1.165) is 19.3 Å². The summed E-state index contributed by atoms with van der Waals surface area (Å²) >= 11 is 5.91.